The van der Waals surface area contributed by atoms with Crippen LogP contribution in [0.25, 0.3) is 6.08 Å². The highest BCUT2D eigenvalue weighted by Crippen LogP contribution is 2.23. The van der Waals surface area contributed by atoms with Crippen LogP contribution in [-0.4, -0.2) is 16.3 Å². The largest absolute Gasteiger partial charge is 0.298 e. The molecule has 0 atom stereocenters. The van der Waals surface area contributed by atoms with Gasteiger partial charge in [-0.2, -0.15) is 0 Å². The van der Waals surface area contributed by atoms with Crippen LogP contribution in [0.2, 0.25) is 0 Å². The van der Waals surface area contributed by atoms with Crippen LogP contribution in [0.1, 0.15) is 27.0 Å². The number of carbonyl (C=O) groups excluding carboxylic acids is 1. The summed E-state index contributed by atoms with van der Waals surface area (Å²) in [7, 11) is 0. The van der Waals surface area contributed by atoms with Crippen molar-refractivity contribution in [2.24, 2.45) is 0 Å². The third kappa shape index (κ3) is 2.54. The third-order valence-electron chi connectivity index (χ3n) is 2.67. The van der Waals surface area contributed by atoms with E-state index in [0.29, 0.717) is 12.0 Å². The number of aromatic nitrogens is 2. The highest BCUT2D eigenvalue weighted by Gasteiger charge is 2.08. The second-order valence-corrected chi connectivity index (χ2v) is 4.62. The van der Waals surface area contributed by atoms with Crippen molar-refractivity contribution in [3.8, 4) is 0 Å². The van der Waals surface area contributed by atoms with Gasteiger partial charge in [0.2, 0.25) is 0 Å². The Kier molecular flexibility index (Phi) is 3.99. The smallest absolute Gasteiger partial charge is 0.150 e. The lowest BCUT2D eigenvalue weighted by molar-refractivity contribution is 0.112. The molecule has 2 aromatic heterocycles. The van der Waals surface area contributed by atoms with Crippen LogP contribution in [0.5, 0.6) is 0 Å². The van der Waals surface area contributed by atoms with Gasteiger partial charge < -0.3 is 0 Å². The summed E-state index contributed by atoms with van der Waals surface area (Å²) in [6, 6.07) is 1.71. The van der Waals surface area contributed by atoms with Crippen LogP contribution in [0.3, 0.4) is 0 Å². The quantitative estimate of drug-likeness (QED) is 0.814. The topological polar surface area (TPSA) is 42.9 Å². The lowest BCUT2D eigenvalue weighted by atomic mass is 10.0. The van der Waals surface area contributed by atoms with Crippen LogP contribution in [0, 0.1) is 0 Å². The fraction of sp³-hybridized carbons (Fsp3) is 0.0714. The van der Waals surface area contributed by atoms with Gasteiger partial charge in [-0.15, -0.1) is 0 Å². The molecule has 2 heterocycles. The molecule has 0 aliphatic rings. The minimum Gasteiger partial charge on any atom is -0.298 e. The second-order valence-electron chi connectivity index (χ2n) is 3.77. The molecule has 3 nitrogen and oxygen atoms in total. The van der Waals surface area contributed by atoms with Gasteiger partial charge in [-0.05, 0) is 38.7 Å². The van der Waals surface area contributed by atoms with E-state index >= 15 is 0 Å². The van der Waals surface area contributed by atoms with Crippen molar-refractivity contribution in [2.75, 3.05) is 0 Å². The van der Waals surface area contributed by atoms with Crippen LogP contribution in [0.4, 0.5) is 0 Å². The number of rotatable bonds is 4. The number of hydrogen-bond acceptors (Lipinski definition) is 3. The maximum atomic E-state index is 11.0. The van der Waals surface area contributed by atoms with E-state index in [4.69, 9.17) is 0 Å². The average Bonchev–Trinajstić information content (AvgIpc) is 2.40. The van der Waals surface area contributed by atoms with E-state index in [1.807, 2.05) is 0 Å². The van der Waals surface area contributed by atoms with Gasteiger partial charge in [-0.1, -0.05) is 12.7 Å². The van der Waals surface area contributed by atoms with Gasteiger partial charge in [0.15, 0.2) is 0 Å². The lowest BCUT2D eigenvalue weighted by Crippen LogP contribution is -1.98. The molecule has 0 spiro atoms. The van der Waals surface area contributed by atoms with Crippen molar-refractivity contribution in [3.63, 3.8) is 0 Å². The SMILES string of the molecule is C=Cc1c(Br)cncc1Cc1cnccc1C=O. The Hall–Kier alpha value is -1.81. The number of hydrogen-bond donors (Lipinski definition) is 0. The Morgan fingerprint density at radius 2 is 2.00 bits per heavy atom. The Labute approximate surface area is 114 Å². The molecule has 0 radical (unpaired) electrons. The van der Waals surface area contributed by atoms with Crippen molar-refractivity contribution < 1.29 is 4.79 Å². The van der Waals surface area contributed by atoms with Crippen LogP contribution in [-0.2, 0) is 6.42 Å². The molecule has 0 N–H and O–H groups in total. The van der Waals surface area contributed by atoms with Crippen molar-refractivity contribution >= 4 is 28.3 Å². The zero-order chi connectivity index (χ0) is 13.0. The van der Waals surface area contributed by atoms with Gasteiger partial charge in [0.25, 0.3) is 0 Å². The zero-order valence-electron chi connectivity index (χ0n) is 9.64. The van der Waals surface area contributed by atoms with E-state index in [0.717, 1.165) is 27.4 Å². The molecule has 0 aromatic carbocycles. The van der Waals surface area contributed by atoms with Crippen molar-refractivity contribution in [1.82, 2.24) is 9.97 Å². The lowest BCUT2D eigenvalue weighted by Gasteiger charge is -2.08. The summed E-state index contributed by atoms with van der Waals surface area (Å²) in [4.78, 5) is 19.2. The summed E-state index contributed by atoms with van der Waals surface area (Å²) < 4.78 is 0.895. The Bertz CT molecular complexity index is 596. The molecule has 0 aliphatic carbocycles. The standard InChI is InChI=1S/C14H11BrN2O/c1-2-13-12(7-17-8-14(13)15)5-11-6-16-4-3-10(11)9-18/h2-4,6-9H,1,5H2. The molecule has 2 rings (SSSR count). The zero-order valence-corrected chi connectivity index (χ0v) is 11.2. The maximum Gasteiger partial charge on any atom is 0.150 e. The van der Waals surface area contributed by atoms with E-state index in [9.17, 15) is 4.79 Å². The monoisotopic (exact) mass is 302 g/mol. The highest BCUT2D eigenvalue weighted by atomic mass is 79.9. The first-order chi connectivity index (χ1) is 8.76. The summed E-state index contributed by atoms with van der Waals surface area (Å²) in [6.07, 6.45) is 10.1. The van der Waals surface area contributed by atoms with Crippen LogP contribution in [0.15, 0.2) is 41.9 Å². The van der Waals surface area contributed by atoms with Crippen LogP contribution >= 0.6 is 15.9 Å². The summed E-state index contributed by atoms with van der Waals surface area (Å²) in [5, 5.41) is 0. The molecule has 18 heavy (non-hydrogen) atoms. The van der Waals surface area contributed by atoms with E-state index in [-0.39, 0.29) is 0 Å². The van der Waals surface area contributed by atoms with Crippen molar-refractivity contribution in [1.29, 1.82) is 0 Å². The summed E-state index contributed by atoms with van der Waals surface area (Å²) in [5.41, 5.74) is 3.54. The van der Waals surface area contributed by atoms with Crippen molar-refractivity contribution in [2.45, 2.75) is 6.42 Å². The first-order valence-corrected chi connectivity index (χ1v) is 6.18. The van der Waals surface area contributed by atoms with Gasteiger partial charge in [0.05, 0.1) is 0 Å². The Balaban J connectivity index is 2.43. The van der Waals surface area contributed by atoms with Crippen LogP contribution < -0.4 is 0 Å². The Morgan fingerprint density at radius 1 is 1.22 bits per heavy atom. The first kappa shape index (κ1) is 12.6. The summed E-state index contributed by atoms with van der Waals surface area (Å²) >= 11 is 3.44. The fourth-order valence-electron chi connectivity index (χ4n) is 1.76. The Morgan fingerprint density at radius 3 is 2.72 bits per heavy atom. The second kappa shape index (κ2) is 5.69. The molecule has 0 amide bonds. The first-order valence-electron chi connectivity index (χ1n) is 5.39. The molecule has 0 fully saturated rings. The normalized spacial score (nSPS) is 10.1. The van der Waals surface area contributed by atoms with E-state index in [1.54, 1.807) is 36.9 Å². The molecular formula is C14H11BrN2O. The number of nitrogens with zero attached hydrogens (tertiary/aromatic N) is 2. The number of halogens is 1. The summed E-state index contributed by atoms with van der Waals surface area (Å²) in [6.45, 7) is 3.79. The molecule has 90 valence electrons. The number of aldehydes is 1. The van der Waals surface area contributed by atoms with Gasteiger partial charge >= 0.3 is 0 Å². The van der Waals surface area contributed by atoms with Gasteiger partial charge in [0, 0.05) is 41.2 Å². The molecule has 2 aromatic rings. The number of pyridine rings is 2. The van der Waals surface area contributed by atoms with E-state index < -0.39 is 0 Å². The molecular weight excluding hydrogens is 292 g/mol. The average molecular weight is 303 g/mol. The van der Waals surface area contributed by atoms with E-state index in [1.165, 1.54) is 0 Å². The van der Waals surface area contributed by atoms with Crippen molar-refractivity contribution in [3.05, 3.63) is 64.2 Å². The summed E-state index contributed by atoms with van der Waals surface area (Å²) in [5.74, 6) is 0. The molecule has 0 aliphatic heterocycles. The predicted molar refractivity (Wildman–Crippen MR) is 74.5 cm³/mol. The van der Waals surface area contributed by atoms with Gasteiger partial charge in [0.1, 0.15) is 6.29 Å². The van der Waals surface area contributed by atoms with Gasteiger partial charge in [-0.25, -0.2) is 0 Å². The maximum absolute atomic E-state index is 11.0. The molecule has 0 saturated carbocycles. The van der Waals surface area contributed by atoms with Gasteiger partial charge in [-0.3, -0.25) is 14.8 Å². The predicted octanol–water partition coefficient (Wildman–Crippen LogP) is 3.29. The molecule has 0 saturated heterocycles. The molecule has 0 bridgehead atoms. The minimum atomic E-state index is 0.607. The molecule has 0 unspecified atom stereocenters. The fourth-order valence-corrected chi connectivity index (χ4v) is 2.30. The van der Waals surface area contributed by atoms with E-state index in [2.05, 4.69) is 32.5 Å². The minimum absolute atomic E-state index is 0.607. The molecule has 4 heteroatoms. The third-order valence-corrected chi connectivity index (χ3v) is 3.31. The number of carbonyl (C=O) groups is 1. The highest BCUT2D eigenvalue weighted by molar-refractivity contribution is 9.10.